The van der Waals surface area contributed by atoms with Gasteiger partial charge in [0.05, 0.1) is 5.69 Å². The third kappa shape index (κ3) is 6.59. The van der Waals surface area contributed by atoms with Crippen LogP contribution in [0.25, 0.3) is 0 Å². The van der Waals surface area contributed by atoms with Crippen molar-refractivity contribution in [3.8, 4) is 0 Å². The standard InChI is InChI=1S/C15H25N3O2/c1-13(2)15(20)9-5-4-8-14-12-18(17-16-14)10-6-3-7-11-19/h11-13H,3-10H2,1-2H3. The second-order valence-corrected chi connectivity index (χ2v) is 5.46. The lowest BCUT2D eigenvalue weighted by Crippen LogP contribution is -2.06. The number of nitrogens with zero attached hydrogens (tertiary/aromatic N) is 3. The molecule has 1 heterocycles. The number of aromatic nitrogens is 3. The molecule has 0 spiro atoms. The summed E-state index contributed by atoms with van der Waals surface area (Å²) in [5.74, 6) is 0.478. The van der Waals surface area contributed by atoms with E-state index >= 15 is 0 Å². The molecule has 1 aromatic heterocycles. The van der Waals surface area contributed by atoms with Crippen molar-refractivity contribution in [2.75, 3.05) is 0 Å². The molecule has 0 amide bonds. The fraction of sp³-hybridized carbons (Fsp3) is 0.733. The van der Waals surface area contributed by atoms with E-state index in [9.17, 15) is 9.59 Å². The number of rotatable bonds is 11. The van der Waals surface area contributed by atoms with E-state index in [1.54, 1.807) is 0 Å². The number of ketones is 1. The lowest BCUT2D eigenvalue weighted by atomic mass is 10.0. The van der Waals surface area contributed by atoms with Crippen LogP contribution in [-0.4, -0.2) is 27.1 Å². The van der Waals surface area contributed by atoms with Gasteiger partial charge in [-0.05, 0) is 32.1 Å². The molecule has 5 nitrogen and oxygen atoms in total. The molecule has 0 fully saturated rings. The monoisotopic (exact) mass is 279 g/mol. The first kappa shape index (κ1) is 16.5. The molecule has 0 unspecified atom stereocenters. The second-order valence-electron chi connectivity index (χ2n) is 5.46. The van der Waals surface area contributed by atoms with E-state index in [-0.39, 0.29) is 5.92 Å². The predicted molar refractivity (Wildman–Crippen MR) is 77.3 cm³/mol. The zero-order chi connectivity index (χ0) is 14.8. The Bertz CT molecular complexity index is 413. The van der Waals surface area contributed by atoms with Crippen molar-refractivity contribution >= 4 is 12.1 Å². The number of aldehydes is 1. The Labute approximate surface area is 120 Å². The Morgan fingerprint density at radius 3 is 2.80 bits per heavy atom. The van der Waals surface area contributed by atoms with Gasteiger partial charge in [0, 0.05) is 31.5 Å². The number of aryl methyl sites for hydroxylation is 2. The first-order valence-corrected chi connectivity index (χ1v) is 7.49. The molecular formula is C15H25N3O2. The zero-order valence-electron chi connectivity index (χ0n) is 12.5. The van der Waals surface area contributed by atoms with Gasteiger partial charge in [0.2, 0.25) is 0 Å². The summed E-state index contributed by atoms with van der Waals surface area (Å²) in [5, 5.41) is 8.19. The maximum atomic E-state index is 11.5. The molecule has 0 radical (unpaired) electrons. The topological polar surface area (TPSA) is 64.8 Å². The van der Waals surface area contributed by atoms with E-state index < -0.39 is 0 Å². The van der Waals surface area contributed by atoms with Crippen LogP contribution in [0.1, 0.15) is 58.1 Å². The molecule has 0 saturated heterocycles. The molecule has 0 aliphatic rings. The molecule has 0 aromatic carbocycles. The Balaban J connectivity index is 2.17. The Morgan fingerprint density at radius 2 is 2.10 bits per heavy atom. The lowest BCUT2D eigenvalue weighted by molar-refractivity contribution is -0.122. The van der Waals surface area contributed by atoms with E-state index in [0.717, 1.165) is 50.6 Å². The fourth-order valence-electron chi connectivity index (χ4n) is 1.96. The highest BCUT2D eigenvalue weighted by molar-refractivity contribution is 5.80. The number of hydrogen-bond acceptors (Lipinski definition) is 4. The minimum atomic E-state index is 0.141. The van der Waals surface area contributed by atoms with Crippen LogP contribution in [0, 0.1) is 5.92 Å². The number of carbonyl (C=O) groups is 2. The summed E-state index contributed by atoms with van der Waals surface area (Å²) in [6.07, 6.45) is 8.81. The lowest BCUT2D eigenvalue weighted by Gasteiger charge is -2.02. The van der Waals surface area contributed by atoms with Crippen LogP contribution < -0.4 is 0 Å². The Morgan fingerprint density at radius 1 is 1.30 bits per heavy atom. The summed E-state index contributed by atoms with van der Waals surface area (Å²) >= 11 is 0. The predicted octanol–water partition coefficient (Wildman–Crippen LogP) is 2.59. The van der Waals surface area contributed by atoms with Gasteiger partial charge < -0.3 is 4.79 Å². The summed E-state index contributed by atoms with van der Waals surface area (Å²) in [5.41, 5.74) is 0.984. The second kappa shape index (κ2) is 9.39. The first-order valence-electron chi connectivity index (χ1n) is 7.49. The molecule has 0 saturated carbocycles. The molecule has 20 heavy (non-hydrogen) atoms. The molecule has 1 aromatic rings. The molecule has 0 aliphatic carbocycles. The SMILES string of the molecule is CC(C)C(=O)CCCCc1cn(CCCCC=O)nn1. The van der Waals surface area contributed by atoms with Gasteiger partial charge in [-0.15, -0.1) is 5.10 Å². The summed E-state index contributed by atoms with van der Waals surface area (Å²) < 4.78 is 1.83. The van der Waals surface area contributed by atoms with Crippen molar-refractivity contribution in [2.45, 2.75) is 65.3 Å². The van der Waals surface area contributed by atoms with Crippen LogP contribution in [0.2, 0.25) is 0 Å². The Hall–Kier alpha value is -1.52. The van der Waals surface area contributed by atoms with Gasteiger partial charge >= 0.3 is 0 Å². The zero-order valence-corrected chi connectivity index (χ0v) is 12.5. The number of carbonyl (C=O) groups excluding carboxylic acids is 2. The van der Waals surface area contributed by atoms with Gasteiger partial charge in [-0.3, -0.25) is 9.48 Å². The van der Waals surface area contributed by atoms with Crippen molar-refractivity contribution in [1.82, 2.24) is 15.0 Å². The van der Waals surface area contributed by atoms with Crippen LogP contribution >= 0.6 is 0 Å². The highest BCUT2D eigenvalue weighted by Gasteiger charge is 2.07. The largest absolute Gasteiger partial charge is 0.303 e. The maximum Gasteiger partial charge on any atom is 0.135 e. The minimum Gasteiger partial charge on any atom is -0.303 e. The quantitative estimate of drug-likeness (QED) is 0.461. The van der Waals surface area contributed by atoms with Gasteiger partial charge in [0.1, 0.15) is 12.1 Å². The summed E-state index contributed by atoms with van der Waals surface area (Å²) in [4.78, 5) is 21.7. The van der Waals surface area contributed by atoms with Gasteiger partial charge in [0.15, 0.2) is 0 Å². The Kier molecular flexibility index (Phi) is 7.77. The van der Waals surface area contributed by atoms with Crippen molar-refractivity contribution in [2.24, 2.45) is 5.92 Å². The smallest absolute Gasteiger partial charge is 0.135 e. The van der Waals surface area contributed by atoms with Gasteiger partial charge in [-0.1, -0.05) is 19.1 Å². The molecule has 0 bridgehead atoms. The molecular weight excluding hydrogens is 254 g/mol. The third-order valence-corrected chi connectivity index (χ3v) is 3.30. The molecule has 0 N–H and O–H groups in total. The number of Topliss-reactive ketones (excluding diaryl/α,β-unsaturated/α-hetero) is 1. The number of hydrogen-bond donors (Lipinski definition) is 0. The molecule has 1 rings (SSSR count). The maximum absolute atomic E-state index is 11.5. The van der Waals surface area contributed by atoms with E-state index in [1.807, 2.05) is 24.7 Å². The third-order valence-electron chi connectivity index (χ3n) is 3.30. The van der Waals surface area contributed by atoms with Crippen LogP contribution in [-0.2, 0) is 22.6 Å². The molecule has 0 aliphatic heterocycles. The van der Waals surface area contributed by atoms with Crippen molar-refractivity contribution in [3.05, 3.63) is 11.9 Å². The molecule has 112 valence electrons. The highest BCUT2D eigenvalue weighted by Crippen LogP contribution is 2.08. The summed E-state index contributed by atoms with van der Waals surface area (Å²) in [6.45, 7) is 4.70. The normalized spacial score (nSPS) is 10.9. The fourth-order valence-corrected chi connectivity index (χ4v) is 1.96. The van der Waals surface area contributed by atoms with Crippen LogP contribution in [0.15, 0.2) is 6.20 Å². The van der Waals surface area contributed by atoms with Crippen molar-refractivity contribution < 1.29 is 9.59 Å². The van der Waals surface area contributed by atoms with Crippen molar-refractivity contribution in [3.63, 3.8) is 0 Å². The highest BCUT2D eigenvalue weighted by atomic mass is 16.1. The van der Waals surface area contributed by atoms with Gasteiger partial charge in [0.25, 0.3) is 0 Å². The van der Waals surface area contributed by atoms with Crippen LogP contribution in [0.4, 0.5) is 0 Å². The van der Waals surface area contributed by atoms with Crippen molar-refractivity contribution in [1.29, 1.82) is 0 Å². The average molecular weight is 279 g/mol. The van der Waals surface area contributed by atoms with E-state index in [0.29, 0.717) is 18.6 Å². The number of unbranched alkanes of at least 4 members (excludes halogenated alkanes) is 3. The van der Waals surface area contributed by atoms with Crippen LogP contribution in [0.5, 0.6) is 0 Å². The molecule has 5 heteroatoms. The molecule has 0 atom stereocenters. The first-order chi connectivity index (χ1) is 9.63. The van der Waals surface area contributed by atoms with Gasteiger partial charge in [-0.25, -0.2) is 0 Å². The van der Waals surface area contributed by atoms with Gasteiger partial charge in [-0.2, -0.15) is 0 Å². The minimum absolute atomic E-state index is 0.141. The summed E-state index contributed by atoms with van der Waals surface area (Å²) in [6, 6.07) is 0. The van der Waals surface area contributed by atoms with E-state index in [1.165, 1.54) is 0 Å². The average Bonchev–Trinajstić information content (AvgIpc) is 2.87. The van der Waals surface area contributed by atoms with E-state index in [4.69, 9.17) is 0 Å². The van der Waals surface area contributed by atoms with Crippen LogP contribution in [0.3, 0.4) is 0 Å². The van der Waals surface area contributed by atoms with E-state index in [2.05, 4.69) is 10.3 Å². The summed E-state index contributed by atoms with van der Waals surface area (Å²) in [7, 11) is 0.